The maximum absolute atomic E-state index is 12.9. The maximum Gasteiger partial charge on any atom is 0.272 e. The summed E-state index contributed by atoms with van der Waals surface area (Å²) in [6.45, 7) is 0.117. The molecule has 0 aliphatic rings. The van der Waals surface area contributed by atoms with E-state index in [-0.39, 0.29) is 18.1 Å². The summed E-state index contributed by atoms with van der Waals surface area (Å²) < 4.78 is 2.04. The van der Waals surface area contributed by atoms with Crippen molar-refractivity contribution in [2.45, 2.75) is 6.54 Å². The molecule has 2 aromatic carbocycles. The third kappa shape index (κ3) is 3.91. The van der Waals surface area contributed by atoms with Gasteiger partial charge in [-0.2, -0.15) is 0 Å². The van der Waals surface area contributed by atoms with Crippen molar-refractivity contribution in [3.8, 4) is 5.69 Å². The second kappa shape index (κ2) is 7.73. The topological polar surface area (TPSA) is 84.2 Å². The number of nitrogens with zero attached hydrogens (tertiary/aromatic N) is 3. The average molecular weight is 403 g/mol. The molecule has 27 heavy (non-hydrogen) atoms. The first-order chi connectivity index (χ1) is 12.9. The van der Waals surface area contributed by atoms with Gasteiger partial charge in [-0.15, -0.1) is 0 Å². The zero-order valence-electron chi connectivity index (χ0n) is 14.3. The highest BCUT2D eigenvalue weighted by Crippen LogP contribution is 2.24. The van der Waals surface area contributed by atoms with Crippen molar-refractivity contribution in [2.75, 3.05) is 7.05 Å². The molecule has 1 aromatic heterocycles. The van der Waals surface area contributed by atoms with Gasteiger partial charge in [-0.05, 0) is 36.0 Å². The molecule has 0 saturated carbocycles. The molecular formula is C18H15ClN4O3S. The number of H-pyrrole nitrogens is 1. The molecule has 1 amide bonds. The lowest BCUT2D eigenvalue weighted by molar-refractivity contribution is -0.384. The number of imidazole rings is 1. The van der Waals surface area contributed by atoms with Crippen LogP contribution >= 0.6 is 23.8 Å². The summed E-state index contributed by atoms with van der Waals surface area (Å²) in [7, 11) is 1.60. The van der Waals surface area contributed by atoms with Crippen LogP contribution in [0.15, 0.2) is 54.7 Å². The molecule has 0 aliphatic carbocycles. The predicted octanol–water partition coefficient (Wildman–Crippen LogP) is 4.37. The van der Waals surface area contributed by atoms with E-state index in [2.05, 4.69) is 4.98 Å². The summed E-state index contributed by atoms with van der Waals surface area (Å²) in [6.07, 6.45) is 1.54. The molecular weight excluding hydrogens is 388 g/mol. The van der Waals surface area contributed by atoms with E-state index in [1.54, 1.807) is 17.8 Å². The minimum absolute atomic E-state index is 0.0795. The monoisotopic (exact) mass is 402 g/mol. The number of carbonyl (C=O) groups excluding carboxylic acids is 1. The van der Waals surface area contributed by atoms with E-state index in [9.17, 15) is 14.9 Å². The van der Waals surface area contributed by atoms with Crippen LogP contribution in [-0.2, 0) is 6.54 Å². The van der Waals surface area contributed by atoms with Crippen LogP contribution in [0.5, 0.6) is 0 Å². The van der Waals surface area contributed by atoms with Gasteiger partial charge in [-0.25, -0.2) is 0 Å². The number of benzene rings is 2. The number of halogens is 1. The minimum atomic E-state index is -0.499. The molecule has 1 N–H and O–H groups in total. The first-order valence-electron chi connectivity index (χ1n) is 7.92. The van der Waals surface area contributed by atoms with Gasteiger partial charge < -0.3 is 9.88 Å². The second-order valence-corrected chi connectivity index (χ2v) is 6.64. The van der Waals surface area contributed by atoms with Crippen molar-refractivity contribution in [1.82, 2.24) is 14.5 Å². The molecule has 7 nitrogen and oxygen atoms in total. The molecule has 138 valence electrons. The van der Waals surface area contributed by atoms with Crippen LogP contribution in [0.4, 0.5) is 5.69 Å². The van der Waals surface area contributed by atoms with Crippen molar-refractivity contribution in [1.29, 1.82) is 0 Å². The largest absolute Gasteiger partial charge is 0.336 e. The zero-order valence-corrected chi connectivity index (χ0v) is 15.8. The van der Waals surface area contributed by atoms with Crippen LogP contribution in [-0.4, -0.2) is 32.3 Å². The Kier molecular flexibility index (Phi) is 5.38. The average Bonchev–Trinajstić information content (AvgIpc) is 3.04. The van der Waals surface area contributed by atoms with Crippen molar-refractivity contribution in [3.05, 3.63) is 85.9 Å². The number of para-hydroxylation sites is 1. The Morgan fingerprint density at radius 1 is 1.30 bits per heavy atom. The molecule has 0 aliphatic heterocycles. The van der Waals surface area contributed by atoms with Crippen molar-refractivity contribution >= 4 is 35.4 Å². The van der Waals surface area contributed by atoms with Crippen molar-refractivity contribution in [2.24, 2.45) is 0 Å². The van der Waals surface area contributed by atoms with E-state index >= 15 is 0 Å². The summed E-state index contributed by atoms with van der Waals surface area (Å²) in [4.78, 5) is 27.7. The van der Waals surface area contributed by atoms with Gasteiger partial charge in [-0.1, -0.05) is 29.8 Å². The lowest BCUT2D eigenvalue weighted by atomic mass is 10.2. The molecule has 3 rings (SSSR count). The highest BCUT2D eigenvalue weighted by atomic mass is 35.5. The van der Waals surface area contributed by atoms with Crippen LogP contribution < -0.4 is 0 Å². The van der Waals surface area contributed by atoms with Gasteiger partial charge in [0.2, 0.25) is 0 Å². The second-order valence-electron chi connectivity index (χ2n) is 5.84. The number of nitro benzene ring substituents is 1. The third-order valence-corrected chi connectivity index (χ3v) is 4.67. The number of aromatic nitrogens is 2. The van der Waals surface area contributed by atoms with Crippen LogP contribution in [0.1, 0.15) is 16.1 Å². The van der Waals surface area contributed by atoms with Crippen molar-refractivity contribution in [3.63, 3.8) is 0 Å². The molecule has 0 fully saturated rings. The predicted molar refractivity (Wildman–Crippen MR) is 105 cm³/mol. The number of non-ortho nitro benzene ring substituents is 1. The standard InChI is InChI=1S/C18H15ClN4O3S/c1-21(11-12-9-14(23(25)26)7-8-15(12)19)17(24)16-10-20-18(27)22(16)13-5-3-2-4-6-13/h2-10H,11H2,1H3,(H,20,27). The summed E-state index contributed by atoms with van der Waals surface area (Å²) in [5.41, 5.74) is 1.52. The molecule has 0 unspecified atom stereocenters. The molecule has 0 atom stereocenters. The van der Waals surface area contributed by atoms with Gasteiger partial charge in [0, 0.05) is 42.6 Å². The van der Waals surface area contributed by atoms with E-state index in [0.717, 1.165) is 5.69 Å². The fraction of sp³-hybridized carbons (Fsp3) is 0.111. The Morgan fingerprint density at radius 2 is 2.00 bits per heavy atom. The van der Waals surface area contributed by atoms with E-state index in [0.29, 0.717) is 21.1 Å². The normalized spacial score (nSPS) is 10.6. The lowest BCUT2D eigenvalue weighted by Gasteiger charge is -2.19. The molecule has 0 radical (unpaired) electrons. The summed E-state index contributed by atoms with van der Waals surface area (Å²) in [6, 6.07) is 13.4. The number of nitrogens with one attached hydrogen (secondary N) is 1. The Labute approximate surface area is 165 Å². The lowest BCUT2D eigenvalue weighted by Crippen LogP contribution is -2.28. The van der Waals surface area contributed by atoms with Gasteiger partial charge in [-0.3, -0.25) is 19.5 Å². The van der Waals surface area contributed by atoms with Gasteiger partial charge in [0.1, 0.15) is 5.69 Å². The maximum atomic E-state index is 12.9. The molecule has 9 heteroatoms. The SMILES string of the molecule is CN(Cc1cc([N+](=O)[O-])ccc1Cl)C(=O)c1c[nH]c(=S)n1-c1ccccc1. The Bertz CT molecular complexity index is 1060. The highest BCUT2D eigenvalue weighted by Gasteiger charge is 2.20. The first kappa shape index (κ1) is 18.8. The Hall–Kier alpha value is -2.97. The Morgan fingerprint density at radius 3 is 2.67 bits per heavy atom. The number of hydrogen-bond acceptors (Lipinski definition) is 4. The zero-order chi connectivity index (χ0) is 19.6. The molecule has 0 spiro atoms. The molecule has 1 heterocycles. The van der Waals surface area contributed by atoms with Crippen LogP contribution in [0.25, 0.3) is 5.69 Å². The fourth-order valence-corrected chi connectivity index (χ4v) is 3.12. The van der Waals surface area contributed by atoms with Gasteiger partial charge in [0.15, 0.2) is 4.77 Å². The van der Waals surface area contributed by atoms with Gasteiger partial charge in [0.25, 0.3) is 11.6 Å². The molecule has 0 saturated heterocycles. The number of rotatable bonds is 5. The summed E-state index contributed by atoms with van der Waals surface area (Å²) >= 11 is 11.4. The fourth-order valence-electron chi connectivity index (χ4n) is 2.68. The highest BCUT2D eigenvalue weighted by molar-refractivity contribution is 7.71. The summed E-state index contributed by atoms with van der Waals surface area (Å²) in [5, 5.41) is 11.3. The van der Waals surface area contributed by atoms with Crippen LogP contribution in [0, 0.1) is 14.9 Å². The van der Waals surface area contributed by atoms with E-state index in [1.165, 1.54) is 23.1 Å². The van der Waals surface area contributed by atoms with E-state index < -0.39 is 4.92 Å². The number of amides is 1. The number of aromatic amines is 1. The number of nitro groups is 1. The number of hydrogen-bond donors (Lipinski definition) is 1. The van der Waals surface area contributed by atoms with Crippen LogP contribution in [0.3, 0.4) is 0 Å². The van der Waals surface area contributed by atoms with E-state index in [4.69, 9.17) is 23.8 Å². The smallest absolute Gasteiger partial charge is 0.272 e. The van der Waals surface area contributed by atoms with Crippen LogP contribution in [0.2, 0.25) is 5.02 Å². The first-order valence-corrected chi connectivity index (χ1v) is 8.71. The van der Waals surface area contributed by atoms with Gasteiger partial charge in [0.05, 0.1) is 4.92 Å². The Balaban J connectivity index is 1.91. The van der Waals surface area contributed by atoms with Gasteiger partial charge >= 0.3 is 0 Å². The molecule has 3 aromatic rings. The third-order valence-electron chi connectivity index (χ3n) is 4.00. The number of carbonyl (C=O) groups is 1. The van der Waals surface area contributed by atoms with Crippen molar-refractivity contribution < 1.29 is 9.72 Å². The minimum Gasteiger partial charge on any atom is -0.336 e. The quantitative estimate of drug-likeness (QED) is 0.390. The van der Waals surface area contributed by atoms with E-state index in [1.807, 2.05) is 30.3 Å². The summed E-state index contributed by atoms with van der Waals surface area (Å²) in [5.74, 6) is -0.297. The molecule has 0 bridgehead atoms.